The maximum atomic E-state index is 13.5. The molecule has 1 N–H and O–H groups in total. The molecule has 3 heterocycles. The van der Waals surface area contributed by atoms with Crippen LogP contribution in [-0.4, -0.2) is 62.6 Å². The number of carbonyl (C=O) groups is 2. The first-order chi connectivity index (χ1) is 18.0. The number of nitrogens with one attached hydrogen (secondary N) is 1. The van der Waals surface area contributed by atoms with Gasteiger partial charge in [0.05, 0.1) is 16.9 Å². The molecule has 1 aliphatic heterocycles. The van der Waals surface area contributed by atoms with Gasteiger partial charge in [-0.2, -0.15) is 5.10 Å². The number of nitrogens with zero attached hydrogens (tertiary/aromatic N) is 4. The molecule has 186 valence electrons. The molecule has 0 aliphatic carbocycles. The minimum absolute atomic E-state index is 0.173. The van der Waals surface area contributed by atoms with E-state index in [0.29, 0.717) is 37.4 Å². The van der Waals surface area contributed by atoms with E-state index in [-0.39, 0.29) is 23.2 Å². The fourth-order valence-electron chi connectivity index (χ4n) is 4.18. The topological polar surface area (TPSA) is 91.3 Å². The lowest BCUT2D eigenvalue weighted by molar-refractivity contribution is -0.127. The van der Waals surface area contributed by atoms with E-state index < -0.39 is 0 Å². The number of aromatic nitrogens is 3. The van der Waals surface area contributed by atoms with E-state index in [4.69, 9.17) is 0 Å². The Balaban J connectivity index is 1.30. The lowest BCUT2D eigenvalue weighted by Crippen LogP contribution is -2.50. The summed E-state index contributed by atoms with van der Waals surface area (Å²) >= 11 is 0. The number of aromatic amines is 1. The highest BCUT2D eigenvalue weighted by Gasteiger charge is 2.24. The van der Waals surface area contributed by atoms with Gasteiger partial charge in [0, 0.05) is 61.8 Å². The molecule has 1 aliphatic rings. The molecule has 0 unspecified atom stereocenters. The van der Waals surface area contributed by atoms with Crippen LogP contribution in [0.2, 0.25) is 0 Å². The van der Waals surface area contributed by atoms with Gasteiger partial charge in [0.25, 0.3) is 5.91 Å². The Labute approximate surface area is 212 Å². The fourth-order valence-corrected chi connectivity index (χ4v) is 4.18. The molecule has 0 bridgehead atoms. The maximum Gasteiger partial charge on any atom is 0.255 e. The predicted molar refractivity (Wildman–Crippen MR) is 138 cm³/mol. The maximum absolute atomic E-state index is 13.5. The van der Waals surface area contributed by atoms with Gasteiger partial charge >= 0.3 is 0 Å². The number of hydrogen-bond acceptors (Lipinski definition) is 4. The van der Waals surface area contributed by atoms with Gasteiger partial charge in [0.1, 0.15) is 5.82 Å². The van der Waals surface area contributed by atoms with Gasteiger partial charge in [0.2, 0.25) is 11.5 Å². The first-order valence-corrected chi connectivity index (χ1v) is 11.8. The SMILES string of the molecule is O=C(C=Cc1cn(-c2ccccc2)nc1-c1ccc(F)cc1)N1CCN(C(=O)c2ccc(=O)[nH]c2)CC1. The quantitative estimate of drug-likeness (QED) is 0.428. The standard InChI is InChI=1S/C28H24FN5O3/c29-23-10-6-20(7-11-23)27-22(19-34(31-27)24-4-2-1-3-5-24)9-13-26(36)32-14-16-33(17-15-32)28(37)21-8-12-25(35)30-18-21/h1-13,18-19H,14-17H2,(H,30,35). The Morgan fingerprint density at radius 1 is 0.892 bits per heavy atom. The highest BCUT2D eigenvalue weighted by atomic mass is 19.1. The van der Waals surface area contributed by atoms with Gasteiger partial charge in [0.15, 0.2) is 0 Å². The normalized spacial score (nSPS) is 13.8. The summed E-state index contributed by atoms with van der Waals surface area (Å²) in [4.78, 5) is 42.7. The van der Waals surface area contributed by atoms with Crippen LogP contribution in [0.5, 0.6) is 0 Å². The monoisotopic (exact) mass is 497 g/mol. The summed E-state index contributed by atoms with van der Waals surface area (Å²) in [5.74, 6) is -0.693. The second-order valence-electron chi connectivity index (χ2n) is 8.61. The average Bonchev–Trinajstić information content (AvgIpc) is 3.37. The van der Waals surface area contributed by atoms with E-state index in [1.54, 1.807) is 32.7 Å². The molecule has 1 fully saturated rings. The number of carbonyl (C=O) groups excluding carboxylic acids is 2. The molecular weight excluding hydrogens is 473 g/mol. The van der Waals surface area contributed by atoms with Gasteiger partial charge in [-0.05, 0) is 48.5 Å². The average molecular weight is 498 g/mol. The minimum Gasteiger partial charge on any atom is -0.336 e. The Kier molecular flexibility index (Phi) is 6.76. The number of para-hydroxylation sites is 1. The third-order valence-electron chi connectivity index (χ3n) is 6.20. The summed E-state index contributed by atoms with van der Waals surface area (Å²) in [6.07, 6.45) is 6.45. The van der Waals surface area contributed by atoms with Crippen LogP contribution in [0.3, 0.4) is 0 Å². The van der Waals surface area contributed by atoms with Crippen LogP contribution in [0.1, 0.15) is 15.9 Å². The van der Waals surface area contributed by atoms with Crippen LogP contribution < -0.4 is 5.56 Å². The van der Waals surface area contributed by atoms with Crippen LogP contribution >= 0.6 is 0 Å². The number of rotatable bonds is 5. The van der Waals surface area contributed by atoms with Crippen molar-refractivity contribution in [2.75, 3.05) is 26.2 Å². The molecule has 2 amide bonds. The van der Waals surface area contributed by atoms with Crippen LogP contribution in [0.25, 0.3) is 23.0 Å². The second-order valence-corrected chi connectivity index (χ2v) is 8.61. The summed E-state index contributed by atoms with van der Waals surface area (Å²) in [6.45, 7) is 1.58. The van der Waals surface area contributed by atoms with E-state index in [1.807, 2.05) is 36.5 Å². The predicted octanol–water partition coefficient (Wildman–Crippen LogP) is 3.36. The number of H-pyrrole nitrogens is 1. The molecule has 0 spiro atoms. The van der Waals surface area contributed by atoms with Crippen molar-refractivity contribution >= 4 is 17.9 Å². The molecule has 2 aromatic carbocycles. The Hall–Kier alpha value is -4.79. The van der Waals surface area contributed by atoms with Crippen LogP contribution in [0.15, 0.2) is 90.0 Å². The van der Waals surface area contributed by atoms with Crippen LogP contribution in [-0.2, 0) is 4.79 Å². The molecule has 0 atom stereocenters. The molecule has 4 aromatic rings. The number of benzene rings is 2. The summed E-state index contributed by atoms with van der Waals surface area (Å²) in [5, 5.41) is 4.69. The number of piperazine rings is 1. The van der Waals surface area contributed by atoms with Gasteiger partial charge in [-0.15, -0.1) is 0 Å². The van der Waals surface area contributed by atoms with E-state index >= 15 is 0 Å². The largest absolute Gasteiger partial charge is 0.336 e. The van der Waals surface area contributed by atoms with E-state index in [0.717, 1.165) is 16.8 Å². The third-order valence-corrected chi connectivity index (χ3v) is 6.20. The zero-order chi connectivity index (χ0) is 25.8. The van der Waals surface area contributed by atoms with Gasteiger partial charge in [-0.3, -0.25) is 14.4 Å². The highest BCUT2D eigenvalue weighted by Crippen LogP contribution is 2.25. The summed E-state index contributed by atoms with van der Waals surface area (Å²) in [7, 11) is 0. The Bertz CT molecular complexity index is 1480. The number of hydrogen-bond donors (Lipinski definition) is 1. The van der Waals surface area contributed by atoms with Crippen molar-refractivity contribution < 1.29 is 14.0 Å². The van der Waals surface area contributed by atoms with Crippen molar-refractivity contribution in [2.24, 2.45) is 0 Å². The van der Waals surface area contributed by atoms with Crippen molar-refractivity contribution in [2.45, 2.75) is 0 Å². The molecule has 8 nitrogen and oxygen atoms in total. The number of pyridine rings is 1. The zero-order valence-electron chi connectivity index (χ0n) is 19.9. The molecule has 2 aromatic heterocycles. The first kappa shape index (κ1) is 23.9. The zero-order valence-corrected chi connectivity index (χ0v) is 19.9. The summed E-state index contributed by atoms with van der Waals surface area (Å²) in [6, 6.07) is 18.5. The molecular formula is C28H24FN5O3. The molecule has 0 saturated carbocycles. The van der Waals surface area contributed by atoms with E-state index in [1.165, 1.54) is 36.5 Å². The fraction of sp³-hybridized carbons (Fsp3) is 0.143. The number of halogens is 1. The van der Waals surface area contributed by atoms with Crippen molar-refractivity contribution in [3.8, 4) is 16.9 Å². The summed E-state index contributed by atoms with van der Waals surface area (Å²) in [5.41, 5.74) is 3.08. The summed E-state index contributed by atoms with van der Waals surface area (Å²) < 4.78 is 15.2. The molecule has 9 heteroatoms. The minimum atomic E-state index is -0.336. The Morgan fingerprint density at radius 2 is 1.59 bits per heavy atom. The van der Waals surface area contributed by atoms with Gasteiger partial charge in [-0.25, -0.2) is 9.07 Å². The first-order valence-electron chi connectivity index (χ1n) is 11.8. The smallest absolute Gasteiger partial charge is 0.255 e. The molecule has 1 saturated heterocycles. The van der Waals surface area contributed by atoms with Crippen LogP contribution in [0, 0.1) is 5.82 Å². The lowest BCUT2D eigenvalue weighted by atomic mass is 10.1. The van der Waals surface area contributed by atoms with Crippen molar-refractivity contribution in [3.05, 3.63) is 112 Å². The molecule has 0 radical (unpaired) electrons. The van der Waals surface area contributed by atoms with Crippen molar-refractivity contribution in [1.82, 2.24) is 24.6 Å². The van der Waals surface area contributed by atoms with Gasteiger partial charge in [-0.1, -0.05) is 18.2 Å². The van der Waals surface area contributed by atoms with Crippen molar-refractivity contribution in [1.29, 1.82) is 0 Å². The number of amides is 2. The Morgan fingerprint density at radius 3 is 2.27 bits per heavy atom. The third kappa shape index (κ3) is 5.40. The van der Waals surface area contributed by atoms with E-state index in [2.05, 4.69) is 10.1 Å². The molecule has 37 heavy (non-hydrogen) atoms. The second kappa shape index (κ2) is 10.4. The van der Waals surface area contributed by atoms with Gasteiger partial charge < -0.3 is 14.8 Å². The molecule has 5 rings (SSSR count). The van der Waals surface area contributed by atoms with E-state index in [9.17, 15) is 18.8 Å². The lowest BCUT2D eigenvalue weighted by Gasteiger charge is -2.34. The highest BCUT2D eigenvalue weighted by molar-refractivity contribution is 5.95. The van der Waals surface area contributed by atoms with Crippen LogP contribution in [0.4, 0.5) is 4.39 Å². The van der Waals surface area contributed by atoms with Crippen molar-refractivity contribution in [3.63, 3.8) is 0 Å².